The average molecular weight is 264 g/mol. The van der Waals surface area contributed by atoms with Gasteiger partial charge in [0.05, 0.1) is 6.04 Å². The third-order valence-corrected chi connectivity index (χ3v) is 3.90. The molecule has 0 bridgehead atoms. The van der Waals surface area contributed by atoms with E-state index in [1.54, 1.807) is 19.2 Å². The molecule has 1 heterocycles. The molecule has 104 valence electrons. The Hall–Kier alpha value is -1.42. The highest BCUT2D eigenvalue weighted by Gasteiger charge is 2.38. The molecule has 0 saturated carbocycles. The SMILES string of the molecule is CN(C(=O)C1NCCCC1(C)C)c1cccc(F)c1. The van der Waals surface area contributed by atoms with Crippen molar-refractivity contribution in [3.8, 4) is 0 Å². The molecule has 1 aromatic rings. The second-order valence-corrected chi connectivity index (χ2v) is 5.86. The molecule has 2 rings (SSSR count). The molecule has 0 aromatic heterocycles. The lowest BCUT2D eigenvalue weighted by Gasteiger charge is -2.40. The van der Waals surface area contributed by atoms with Gasteiger partial charge < -0.3 is 10.2 Å². The summed E-state index contributed by atoms with van der Waals surface area (Å²) in [5, 5.41) is 3.29. The van der Waals surface area contributed by atoms with Gasteiger partial charge in [-0.2, -0.15) is 0 Å². The molecule has 19 heavy (non-hydrogen) atoms. The maximum Gasteiger partial charge on any atom is 0.244 e. The summed E-state index contributed by atoms with van der Waals surface area (Å²) in [5.74, 6) is -0.330. The van der Waals surface area contributed by atoms with E-state index in [2.05, 4.69) is 19.2 Å². The molecule has 1 N–H and O–H groups in total. The number of piperidine rings is 1. The normalized spacial score (nSPS) is 22.0. The molecule has 1 aromatic carbocycles. The van der Waals surface area contributed by atoms with Gasteiger partial charge in [-0.1, -0.05) is 19.9 Å². The first-order chi connectivity index (χ1) is 8.92. The van der Waals surface area contributed by atoms with E-state index in [0.717, 1.165) is 19.4 Å². The number of hydrogen-bond donors (Lipinski definition) is 1. The standard InChI is InChI=1S/C15H21FN2O/c1-15(2)8-5-9-17-13(15)14(19)18(3)12-7-4-6-11(16)10-12/h4,6-7,10,13,17H,5,8-9H2,1-3H3. The molecule has 0 spiro atoms. The molecule has 1 fully saturated rings. The van der Waals surface area contributed by atoms with E-state index in [1.807, 2.05) is 0 Å². The highest BCUT2D eigenvalue weighted by molar-refractivity contribution is 5.97. The fourth-order valence-corrected chi connectivity index (χ4v) is 2.64. The largest absolute Gasteiger partial charge is 0.314 e. The lowest BCUT2D eigenvalue weighted by atomic mass is 9.77. The van der Waals surface area contributed by atoms with Crippen molar-refractivity contribution in [3.05, 3.63) is 30.1 Å². The number of hydrogen-bond acceptors (Lipinski definition) is 2. The molecule has 1 atom stereocenters. The fourth-order valence-electron chi connectivity index (χ4n) is 2.64. The van der Waals surface area contributed by atoms with Crippen molar-refractivity contribution in [3.63, 3.8) is 0 Å². The van der Waals surface area contributed by atoms with Gasteiger partial charge in [0.15, 0.2) is 0 Å². The molecular formula is C15H21FN2O. The first-order valence-electron chi connectivity index (χ1n) is 6.68. The molecule has 1 unspecified atom stereocenters. The summed E-state index contributed by atoms with van der Waals surface area (Å²) in [6, 6.07) is 5.91. The van der Waals surface area contributed by atoms with E-state index in [1.165, 1.54) is 17.0 Å². The van der Waals surface area contributed by atoms with Crippen LogP contribution in [0.25, 0.3) is 0 Å². The Kier molecular flexibility index (Phi) is 3.90. The van der Waals surface area contributed by atoms with Crippen LogP contribution in [0.4, 0.5) is 10.1 Å². The Morgan fingerprint density at radius 1 is 1.47 bits per heavy atom. The van der Waals surface area contributed by atoms with Crippen LogP contribution in [0.5, 0.6) is 0 Å². The van der Waals surface area contributed by atoms with E-state index < -0.39 is 0 Å². The van der Waals surface area contributed by atoms with Crippen LogP contribution in [0, 0.1) is 11.2 Å². The summed E-state index contributed by atoms with van der Waals surface area (Å²) in [4.78, 5) is 14.1. The van der Waals surface area contributed by atoms with Crippen LogP contribution in [0.1, 0.15) is 26.7 Å². The van der Waals surface area contributed by atoms with Crippen LogP contribution in [-0.4, -0.2) is 25.5 Å². The topological polar surface area (TPSA) is 32.3 Å². The smallest absolute Gasteiger partial charge is 0.244 e. The van der Waals surface area contributed by atoms with Crippen molar-refractivity contribution < 1.29 is 9.18 Å². The Balaban J connectivity index is 2.19. The Bertz CT molecular complexity index is 473. The minimum atomic E-state index is -0.326. The van der Waals surface area contributed by atoms with Gasteiger partial charge in [0, 0.05) is 12.7 Å². The van der Waals surface area contributed by atoms with E-state index in [0.29, 0.717) is 5.69 Å². The third-order valence-electron chi connectivity index (χ3n) is 3.90. The predicted octanol–water partition coefficient (Wildman–Crippen LogP) is 2.57. The first kappa shape index (κ1) is 14.0. The van der Waals surface area contributed by atoms with Gasteiger partial charge in [-0.25, -0.2) is 4.39 Å². The average Bonchev–Trinajstić information content (AvgIpc) is 2.36. The van der Waals surface area contributed by atoms with Crippen LogP contribution < -0.4 is 10.2 Å². The quantitative estimate of drug-likeness (QED) is 0.890. The molecule has 0 aliphatic carbocycles. The van der Waals surface area contributed by atoms with Gasteiger partial charge >= 0.3 is 0 Å². The molecule has 1 saturated heterocycles. The van der Waals surface area contributed by atoms with Gasteiger partial charge in [0.25, 0.3) is 0 Å². The minimum Gasteiger partial charge on any atom is -0.314 e. The monoisotopic (exact) mass is 264 g/mol. The third kappa shape index (κ3) is 2.95. The van der Waals surface area contributed by atoms with Crippen molar-refractivity contribution in [1.82, 2.24) is 5.32 Å². The van der Waals surface area contributed by atoms with Crippen molar-refractivity contribution in [2.75, 3.05) is 18.5 Å². The van der Waals surface area contributed by atoms with Gasteiger partial charge in [-0.05, 0) is 43.0 Å². The number of rotatable bonds is 2. The molecule has 1 aliphatic rings. The minimum absolute atomic E-state index is 0.00435. The zero-order valence-electron chi connectivity index (χ0n) is 11.7. The highest BCUT2D eigenvalue weighted by atomic mass is 19.1. The Morgan fingerprint density at radius 3 is 2.84 bits per heavy atom. The number of carbonyl (C=O) groups excluding carboxylic acids is 1. The molecule has 3 nitrogen and oxygen atoms in total. The summed E-state index contributed by atoms with van der Waals surface area (Å²) in [7, 11) is 1.70. The number of likely N-dealkylation sites (N-methyl/N-ethyl adjacent to an activating group) is 1. The second-order valence-electron chi connectivity index (χ2n) is 5.86. The number of carbonyl (C=O) groups is 1. The number of nitrogens with zero attached hydrogens (tertiary/aromatic N) is 1. The Labute approximate surface area is 113 Å². The molecular weight excluding hydrogens is 243 g/mol. The zero-order valence-corrected chi connectivity index (χ0v) is 11.7. The molecule has 1 amide bonds. The van der Waals surface area contributed by atoms with E-state index in [9.17, 15) is 9.18 Å². The van der Waals surface area contributed by atoms with Crippen molar-refractivity contribution in [2.45, 2.75) is 32.7 Å². The second kappa shape index (κ2) is 5.29. The summed E-state index contributed by atoms with van der Waals surface area (Å²) >= 11 is 0. The fraction of sp³-hybridized carbons (Fsp3) is 0.533. The van der Waals surface area contributed by atoms with Crippen LogP contribution in [0.2, 0.25) is 0 Å². The van der Waals surface area contributed by atoms with Gasteiger partial charge in [-0.3, -0.25) is 4.79 Å². The van der Waals surface area contributed by atoms with Crippen LogP contribution in [0.15, 0.2) is 24.3 Å². The first-order valence-corrected chi connectivity index (χ1v) is 6.68. The van der Waals surface area contributed by atoms with Gasteiger partial charge in [0.2, 0.25) is 5.91 Å². The lowest BCUT2D eigenvalue weighted by molar-refractivity contribution is -0.123. The maximum atomic E-state index is 13.2. The number of anilines is 1. The van der Waals surface area contributed by atoms with Crippen molar-refractivity contribution in [2.24, 2.45) is 5.41 Å². The van der Waals surface area contributed by atoms with Gasteiger partial charge in [0.1, 0.15) is 5.82 Å². The summed E-state index contributed by atoms with van der Waals surface area (Å²) in [6.45, 7) is 5.05. The van der Waals surface area contributed by atoms with Crippen LogP contribution in [0.3, 0.4) is 0 Å². The lowest BCUT2D eigenvalue weighted by Crippen LogP contribution is -2.56. The number of benzene rings is 1. The van der Waals surface area contributed by atoms with Crippen LogP contribution >= 0.6 is 0 Å². The maximum absolute atomic E-state index is 13.2. The zero-order chi connectivity index (χ0) is 14.0. The van der Waals surface area contributed by atoms with Gasteiger partial charge in [-0.15, -0.1) is 0 Å². The number of amides is 1. The van der Waals surface area contributed by atoms with Crippen molar-refractivity contribution >= 4 is 11.6 Å². The summed E-state index contributed by atoms with van der Waals surface area (Å²) in [6.07, 6.45) is 2.11. The number of halogens is 1. The molecule has 1 aliphatic heterocycles. The molecule has 0 radical (unpaired) electrons. The van der Waals surface area contributed by atoms with E-state index in [-0.39, 0.29) is 23.2 Å². The summed E-state index contributed by atoms with van der Waals surface area (Å²) < 4.78 is 13.2. The number of nitrogens with one attached hydrogen (secondary N) is 1. The highest BCUT2D eigenvalue weighted by Crippen LogP contribution is 2.31. The molecule has 4 heteroatoms. The van der Waals surface area contributed by atoms with Crippen molar-refractivity contribution in [1.29, 1.82) is 0 Å². The predicted molar refractivity (Wildman–Crippen MR) is 74.6 cm³/mol. The van der Waals surface area contributed by atoms with Crippen LogP contribution in [-0.2, 0) is 4.79 Å². The summed E-state index contributed by atoms with van der Waals surface area (Å²) in [5.41, 5.74) is 0.518. The van der Waals surface area contributed by atoms with E-state index >= 15 is 0 Å². The Morgan fingerprint density at radius 2 is 2.21 bits per heavy atom. The van der Waals surface area contributed by atoms with E-state index in [4.69, 9.17) is 0 Å².